The van der Waals surface area contributed by atoms with Gasteiger partial charge < -0.3 is 24.6 Å². The first-order valence-electron chi connectivity index (χ1n) is 10.7. The van der Waals surface area contributed by atoms with Crippen molar-refractivity contribution in [3.8, 4) is 5.75 Å². The lowest BCUT2D eigenvalue weighted by Gasteiger charge is -2.42. The molecule has 1 amide bonds. The van der Waals surface area contributed by atoms with Gasteiger partial charge in [0.15, 0.2) is 11.9 Å². The number of rotatable bonds is 10. The highest BCUT2D eigenvalue weighted by atomic mass is 16.7. The summed E-state index contributed by atoms with van der Waals surface area (Å²) in [7, 11) is 0. The molecule has 1 aliphatic heterocycles. The molecule has 2 rings (SSSR count). The van der Waals surface area contributed by atoms with Gasteiger partial charge in [0.2, 0.25) is 12.2 Å². The van der Waals surface area contributed by atoms with Gasteiger partial charge in [-0.1, -0.05) is 25.0 Å². The quantitative estimate of drug-likeness (QED) is 0.178. The molecule has 11 nitrogen and oxygen atoms in total. The Bertz CT molecular complexity index is 916. The Hall–Kier alpha value is -3.14. The summed E-state index contributed by atoms with van der Waals surface area (Å²) in [5.74, 6) is -1.25. The molecule has 1 aliphatic rings. The molecular formula is C22H30N4O7. The summed E-state index contributed by atoms with van der Waals surface area (Å²) in [5.41, 5.74) is 9.16. The monoisotopic (exact) mass is 462 g/mol. The molecule has 0 aliphatic carbocycles. The largest absolute Gasteiger partial charge is 0.459 e. The number of azide groups is 1. The fraction of sp³-hybridized carbons (Fsp3) is 0.591. The van der Waals surface area contributed by atoms with Gasteiger partial charge in [0, 0.05) is 30.7 Å². The van der Waals surface area contributed by atoms with Crippen LogP contribution < -0.4 is 10.1 Å². The van der Waals surface area contributed by atoms with Crippen molar-refractivity contribution in [3.63, 3.8) is 0 Å². The second-order valence-corrected chi connectivity index (χ2v) is 8.04. The predicted octanol–water partition coefficient (Wildman–Crippen LogP) is 3.10. The normalized spacial score (nSPS) is 24.3. The summed E-state index contributed by atoms with van der Waals surface area (Å²) in [6.45, 7) is 6.35. The Morgan fingerprint density at radius 1 is 1.24 bits per heavy atom. The number of ether oxygens (including phenoxy) is 3. The number of esters is 1. The summed E-state index contributed by atoms with van der Waals surface area (Å²) in [6, 6.07) is 4.73. The third-order valence-electron chi connectivity index (χ3n) is 5.55. The zero-order valence-electron chi connectivity index (χ0n) is 19.2. The van der Waals surface area contributed by atoms with E-state index >= 15 is 0 Å². The van der Waals surface area contributed by atoms with Crippen molar-refractivity contribution in [2.24, 2.45) is 17.0 Å². The molecule has 2 N–H and O–H groups in total. The molecule has 0 saturated carbocycles. The molecule has 11 heteroatoms. The summed E-state index contributed by atoms with van der Waals surface area (Å²) in [6.07, 6.45) is -2.14. The van der Waals surface area contributed by atoms with E-state index in [1.54, 1.807) is 18.2 Å². The van der Waals surface area contributed by atoms with Crippen molar-refractivity contribution < 1.29 is 33.7 Å². The smallest absolute Gasteiger partial charge is 0.303 e. The van der Waals surface area contributed by atoms with E-state index in [0.29, 0.717) is 12.0 Å². The molecule has 0 aromatic heterocycles. The summed E-state index contributed by atoms with van der Waals surface area (Å²) in [5, 5.41) is 15.6. The summed E-state index contributed by atoms with van der Waals surface area (Å²) >= 11 is 0. The lowest BCUT2D eigenvalue weighted by Crippen LogP contribution is -2.55. The number of carbonyl (C=O) groups excluding carboxylic acids is 3. The zero-order valence-corrected chi connectivity index (χ0v) is 19.2. The molecule has 0 unspecified atom stereocenters. The fourth-order valence-electron chi connectivity index (χ4n) is 3.65. The first kappa shape index (κ1) is 26.1. The van der Waals surface area contributed by atoms with Crippen LogP contribution in [0.25, 0.3) is 10.4 Å². The summed E-state index contributed by atoms with van der Waals surface area (Å²) in [4.78, 5) is 38.8. The third-order valence-corrected chi connectivity index (χ3v) is 5.55. The Labute approximate surface area is 192 Å². The number of nitrogens with one attached hydrogen (secondary N) is 1. The van der Waals surface area contributed by atoms with Crippen LogP contribution in [-0.2, 0) is 30.5 Å². The minimum Gasteiger partial charge on any atom is -0.459 e. The molecule has 1 aromatic rings. The molecule has 1 saturated heterocycles. The van der Waals surface area contributed by atoms with E-state index in [1.165, 1.54) is 13.8 Å². The van der Waals surface area contributed by atoms with Crippen molar-refractivity contribution in [2.45, 2.75) is 65.6 Å². The molecule has 33 heavy (non-hydrogen) atoms. The van der Waals surface area contributed by atoms with Crippen molar-refractivity contribution in [1.82, 2.24) is 0 Å². The van der Waals surface area contributed by atoms with Crippen molar-refractivity contribution in [3.05, 3.63) is 34.2 Å². The van der Waals surface area contributed by atoms with Crippen LogP contribution in [0.2, 0.25) is 0 Å². The third kappa shape index (κ3) is 7.18. The van der Waals surface area contributed by atoms with Crippen LogP contribution in [0.1, 0.15) is 46.1 Å². The van der Waals surface area contributed by atoms with Gasteiger partial charge >= 0.3 is 5.97 Å². The van der Waals surface area contributed by atoms with E-state index in [-0.39, 0.29) is 54.5 Å². The van der Waals surface area contributed by atoms with E-state index in [9.17, 15) is 19.5 Å². The van der Waals surface area contributed by atoms with Crippen molar-refractivity contribution >= 4 is 23.3 Å². The number of benzene rings is 1. The highest BCUT2D eigenvalue weighted by Crippen LogP contribution is 2.36. The van der Waals surface area contributed by atoms with Crippen LogP contribution in [0.3, 0.4) is 0 Å². The highest BCUT2D eigenvalue weighted by molar-refractivity contribution is 5.92. The predicted molar refractivity (Wildman–Crippen MR) is 118 cm³/mol. The van der Waals surface area contributed by atoms with E-state index in [2.05, 4.69) is 15.3 Å². The fourth-order valence-corrected chi connectivity index (χ4v) is 3.65. The van der Waals surface area contributed by atoms with Gasteiger partial charge in [0.05, 0.1) is 12.3 Å². The molecule has 0 radical (unpaired) electrons. The van der Waals surface area contributed by atoms with E-state index in [0.717, 1.165) is 0 Å². The maximum Gasteiger partial charge on any atom is 0.303 e. The molecule has 1 aromatic carbocycles. The Balaban J connectivity index is 2.29. The molecule has 0 spiro atoms. The number of carbonyl (C=O) groups is 3. The average molecular weight is 463 g/mol. The standard InChI is InChI=1S/C22H30N4O7/c1-12-13(2)21(31-15(4)29)22(33-20(12)14(3)28)32-18-8-7-16(11-27)10-17(18)25-19(30)6-5-9-24-26-23/h7-8,10,12-13,20-22,27H,5-6,9,11H2,1-4H3,(H,25,30)/t12-,13-,20-,21+,22+/m0/s1. The minimum atomic E-state index is -1.09. The second-order valence-electron chi connectivity index (χ2n) is 8.04. The number of Topliss-reactive ketones (excluding diaryl/α,β-unsaturated/α-hetero) is 1. The van der Waals surface area contributed by atoms with Gasteiger partial charge in [-0.2, -0.15) is 0 Å². The molecule has 1 heterocycles. The number of hydrogen-bond donors (Lipinski definition) is 2. The molecule has 1 fully saturated rings. The van der Waals surface area contributed by atoms with Gasteiger partial charge in [-0.15, -0.1) is 0 Å². The van der Waals surface area contributed by atoms with Gasteiger partial charge in [-0.25, -0.2) is 0 Å². The Morgan fingerprint density at radius 3 is 2.58 bits per heavy atom. The van der Waals surface area contributed by atoms with Gasteiger partial charge in [0.1, 0.15) is 11.9 Å². The van der Waals surface area contributed by atoms with E-state index in [4.69, 9.17) is 19.7 Å². The average Bonchev–Trinajstić information content (AvgIpc) is 2.76. The number of amides is 1. The zero-order chi connectivity index (χ0) is 24.5. The van der Waals surface area contributed by atoms with Gasteiger partial charge in [-0.05, 0) is 42.5 Å². The number of aliphatic hydroxyl groups is 1. The molecular weight excluding hydrogens is 432 g/mol. The topological polar surface area (TPSA) is 160 Å². The number of nitrogens with zero attached hydrogens (tertiary/aromatic N) is 3. The lowest BCUT2D eigenvalue weighted by atomic mass is 9.82. The Kier molecular flexibility index (Phi) is 9.65. The maximum absolute atomic E-state index is 12.4. The van der Waals surface area contributed by atoms with E-state index < -0.39 is 24.5 Å². The van der Waals surface area contributed by atoms with Crippen LogP contribution in [-0.4, -0.2) is 47.8 Å². The Morgan fingerprint density at radius 2 is 1.97 bits per heavy atom. The van der Waals surface area contributed by atoms with Crippen LogP contribution in [0, 0.1) is 11.8 Å². The number of ketones is 1. The first-order valence-corrected chi connectivity index (χ1v) is 10.7. The van der Waals surface area contributed by atoms with Crippen molar-refractivity contribution in [1.29, 1.82) is 0 Å². The van der Waals surface area contributed by atoms with Crippen LogP contribution in [0.5, 0.6) is 5.75 Å². The molecule has 180 valence electrons. The van der Waals surface area contributed by atoms with Crippen LogP contribution in [0.15, 0.2) is 23.3 Å². The second kappa shape index (κ2) is 12.2. The number of hydrogen-bond acceptors (Lipinski definition) is 8. The van der Waals surface area contributed by atoms with E-state index in [1.807, 2.05) is 13.8 Å². The maximum atomic E-state index is 12.4. The van der Waals surface area contributed by atoms with Gasteiger partial charge in [-0.3, -0.25) is 14.4 Å². The SMILES string of the molecule is CC(=O)O[C@H]1[C@H](Oc2ccc(CO)cc2NC(=O)CCCN=[N+]=[N-])O[C@H](C(C)=O)[C@@H](C)[C@@H]1C. The minimum absolute atomic E-state index is 0.110. The molecule has 5 atom stereocenters. The summed E-state index contributed by atoms with van der Waals surface area (Å²) < 4.78 is 17.4. The first-order chi connectivity index (χ1) is 15.7. The number of anilines is 1. The number of aliphatic hydroxyl groups excluding tert-OH is 1. The van der Waals surface area contributed by atoms with Gasteiger partial charge in [0.25, 0.3) is 0 Å². The van der Waals surface area contributed by atoms with Crippen LogP contribution >= 0.6 is 0 Å². The highest BCUT2D eigenvalue weighted by Gasteiger charge is 2.46. The van der Waals surface area contributed by atoms with Crippen LogP contribution in [0.4, 0.5) is 5.69 Å². The molecule has 0 bridgehead atoms. The van der Waals surface area contributed by atoms with Crippen molar-refractivity contribution in [2.75, 3.05) is 11.9 Å². The lowest BCUT2D eigenvalue weighted by molar-refractivity contribution is -0.241.